The summed E-state index contributed by atoms with van der Waals surface area (Å²) in [6.45, 7) is -0.0749. The summed E-state index contributed by atoms with van der Waals surface area (Å²) in [5.74, 6) is -1.36. The maximum Gasteiger partial charge on any atom is 0.158 e. The van der Waals surface area contributed by atoms with Gasteiger partial charge in [0, 0.05) is 6.07 Å². The van der Waals surface area contributed by atoms with Crippen LogP contribution in [0.2, 0.25) is 0 Å². The van der Waals surface area contributed by atoms with E-state index in [0.29, 0.717) is 0 Å². The lowest BCUT2D eigenvalue weighted by molar-refractivity contribution is 0.317. The molecule has 4 N–H and O–H groups in total. The smallest absolute Gasteiger partial charge is 0.158 e. The van der Waals surface area contributed by atoms with Crippen LogP contribution < -0.4 is 11.1 Å². The van der Waals surface area contributed by atoms with Crippen LogP contribution in [-0.2, 0) is 0 Å². The van der Waals surface area contributed by atoms with Gasteiger partial charge >= 0.3 is 0 Å². The van der Waals surface area contributed by atoms with Crippen LogP contribution in [0.3, 0.4) is 0 Å². The Hall–Kier alpha value is -1.37. The highest BCUT2D eigenvalue weighted by Crippen LogP contribution is 2.22. The third-order valence-corrected chi connectivity index (χ3v) is 2.21. The molecule has 1 rings (SSSR count). The lowest BCUT2D eigenvalue weighted by Gasteiger charge is -2.07. The van der Waals surface area contributed by atoms with E-state index < -0.39 is 11.6 Å². The van der Waals surface area contributed by atoms with Crippen LogP contribution >= 0.6 is 15.9 Å². The van der Waals surface area contributed by atoms with Crippen LogP contribution in [0.15, 0.2) is 21.8 Å². The van der Waals surface area contributed by atoms with Crippen molar-refractivity contribution in [3.63, 3.8) is 0 Å². The second-order valence-electron chi connectivity index (χ2n) is 2.69. The van der Waals surface area contributed by atoms with E-state index in [0.717, 1.165) is 12.1 Å². The van der Waals surface area contributed by atoms with Crippen molar-refractivity contribution < 1.29 is 14.0 Å². The third-order valence-electron chi connectivity index (χ3n) is 1.60. The van der Waals surface area contributed by atoms with Gasteiger partial charge in [0.2, 0.25) is 0 Å². The first-order valence-electron chi connectivity index (χ1n) is 3.89. The average Bonchev–Trinajstić information content (AvgIpc) is 2.21. The molecule has 15 heavy (non-hydrogen) atoms. The van der Waals surface area contributed by atoms with Gasteiger partial charge in [-0.3, -0.25) is 0 Å². The van der Waals surface area contributed by atoms with E-state index in [1.54, 1.807) is 0 Å². The van der Waals surface area contributed by atoms with Gasteiger partial charge in [-0.05, 0) is 22.0 Å². The second-order valence-corrected chi connectivity index (χ2v) is 3.55. The maximum atomic E-state index is 13.2. The molecule has 82 valence electrons. The summed E-state index contributed by atoms with van der Waals surface area (Å²) in [6, 6.07) is 1.97. The average molecular weight is 280 g/mol. The minimum absolute atomic E-state index is 0.0364. The van der Waals surface area contributed by atoms with Gasteiger partial charge in [-0.15, -0.1) is 0 Å². The van der Waals surface area contributed by atoms with Gasteiger partial charge in [0.05, 0.1) is 16.7 Å². The van der Waals surface area contributed by atoms with Gasteiger partial charge in [-0.1, -0.05) is 5.16 Å². The molecule has 7 heteroatoms. The van der Waals surface area contributed by atoms with Crippen molar-refractivity contribution in [3.8, 4) is 0 Å². The summed E-state index contributed by atoms with van der Waals surface area (Å²) < 4.78 is 26.2. The molecule has 0 fully saturated rings. The number of nitrogens with two attached hydrogens (primary N) is 1. The fourth-order valence-corrected chi connectivity index (χ4v) is 1.19. The topological polar surface area (TPSA) is 70.6 Å². The molecule has 1 aromatic carbocycles. The Morgan fingerprint density at radius 1 is 1.47 bits per heavy atom. The van der Waals surface area contributed by atoms with Crippen LogP contribution in [0.5, 0.6) is 0 Å². The normalized spacial score (nSPS) is 11.5. The van der Waals surface area contributed by atoms with Gasteiger partial charge in [0.25, 0.3) is 0 Å². The Kier molecular flexibility index (Phi) is 3.84. The maximum absolute atomic E-state index is 13.2. The molecular weight excluding hydrogens is 272 g/mol. The second kappa shape index (κ2) is 4.92. The zero-order chi connectivity index (χ0) is 11.4. The first kappa shape index (κ1) is 11.7. The molecule has 0 spiro atoms. The summed E-state index contributed by atoms with van der Waals surface area (Å²) >= 11 is 2.84. The lowest BCUT2D eigenvalue weighted by Crippen LogP contribution is -2.22. The van der Waals surface area contributed by atoms with E-state index in [1.807, 2.05) is 0 Å². The molecule has 0 unspecified atom stereocenters. The van der Waals surface area contributed by atoms with Crippen molar-refractivity contribution in [3.05, 3.63) is 28.2 Å². The SMILES string of the molecule is N/C(CNc1cc(F)c(Br)cc1F)=N/O. The van der Waals surface area contributed by atoms with Crippen LogP contribution in [0, 0.1) is 11.6 Å². The van der Waals surface area contributed by atoms with Crippen LogP contribution in [0.1, 0.15) is 0 Å². The standard InChI is InChI=1S/C8H8BrF2N3O/c9-4-1-6(11)7(2-5(4)10)13-3-8(12)14-15/h1-2,13,15H,3H2,(H2,12,14). The number of oxime groups is 1. The number of rotatable bonds is 3. The molecule has 1 aromatic rings. The van der Waals surface area contributed by atoms with E-state index in [-0.39, 0.29) is 22.5 Å². The predicted molar refractivity (Wildman–Crippen MR) is 56.0 cm³/mol. The molecule has 0 saturated heterocycles. The molecule has 0 amide bonds. The fourth-order valence-electron chi connectivity index (χ4n) is 0.879. The molecule has 0 aliphatic rings. The molecule has 0 bridgehead atoms. The molecule has 0 heterocycles. The Balaban J connectivity index is 2.82. The van der Waals surface area contributed by atoms with Gasteiger partial charge in [-0.25, -0.2) is 8.78 Å². The van der Waals surface area contributed by atoms with E-state index in [9.17, 15) is 8.78 Å². The summed E-state index contributed by atoms with van der Waals surface area (Å²) in [4.78, 5) is 0. The number of nitrogens with zero attached hydrogens (tertiary/aromatic N) is 1. The van der Waals surface area contributed by atoms with Crippen LogP contribution in [0.4, 0.5) is 14.5 Å². The van der Waals surface area contributed by atoms with Crippen molar-refractivity contribution >= 4 is 27.5 Å². The molecule has 0 aliphatic heterocycles. The van der Waals surface area contributed by atoms with Gasteiger partial charge in [0.1, 0.15) is 11.6 Å². The summed E-state index contributed by atoms with van der Waals surface area (Å²) in [7, 11) is 0. The van der Waals surface area contributed by atoms with Gasteiger partial charge in [-0.2, -0.15) is 0 Å². The minimum Gasteiger partial charge on any atom is -0.409 e. The first-order chi connectivity index (χ1) is 7.04. The number of halogens is 3. The first-order valence-corrected chi connectivity index (χ1v) is 4.68. The Morgan fingerprint density at radius 3 is 2.73 bits per heavy atom. The van der Waals surface area contributed by atoms with Crippen molar-refractivity contribution in [2.45, 2.75) is 0 Å². The lowest BCUT2D eigenvalue weighted by atomic mass is 10.3. The van der Waals surface area contributed by atoms with Crippen LogP contribution in [-0.4, -0.2) is 17.6 Å². The Morgan fingerprint density at radius 2 is 2.13 bits per heavy atom. The number of hydrogen-bond donors (Lipinski definition) is 3. The number of benzene rings is 1. The highest BCUT2D eigenvalue weighted by molar-refractivity contribution is 9.10. The molecule has 4 nitrogen and oxygen atoms in total. The van der Waals surface area contributed by atoms with Gasteiger partial charge in [0.15, 0.2) is 5.84 Å². The third kappa shape index (κ3) is 3.05. The predicted octanol–water partition coefficient (Wildman–Crippen LogP) is 1.89. The Bertz CT molecular complexity index is 398. The van der Waals surface area contributed by atoms with E-state index >= 15 is 0 Å². The number of hydrogen-bond acceptors (Lipinski definition) is 3. The van der Waals surface area contributed by atoms with Crippen molar-refractivity contribution in [1.29, 1.82) is 0 Å². The summed E-state index contributed by atoms with van der Waals surface area (Å²) in [5, 5.41) is 13.4. The number of anilines is 1. The fraction of sp³-hybridized carbons (Fsp3) is 0.125. The zero-order valence-corrected chi connectivity index (χ0v) is 9.05. The van der Waals surface area contributed by atoms with E-state index in [4.69, 9.17) is 10.9 Å². The van der Waals surface area contributed by atoms with E-state index in [1.165, 1.54) is 0 Å². The number of nitrogens with one attached hydrogen (secondary N) is 1. The minimum atomic E-state index is -0.631. The highest BCUT2D eigenvalue weighted by atomic mass is 79.9. The molecule has 0 radical (unpaired) electrons. The molecule has 0 saturated carbocycles. The Labute approximate surface area is 92.9 Å². The molecule has 0 aromatic heterocycles. The largest absolute Gasteiger partial charge is 0.409 e. The molecule has 0 aliphatic carbocycles. The zero-order valence-electron chi connectivity index (χ0n) is 7.47. The monoisotopic (exact) mass is 279 g/mol. The molecular formula is C8H8BrF2N3O. The van der Waals surface area contributed by atoms with Crippen molar-refractivity contribution in [2.24, 2.45) is 10.9 Å². The van der Waals surface area contributed by atoms with Crippen molar-refractivity contribution in [2.75, 3.05) is 11.9 Å². The van der Waals surface area contributed by atoms with Crippen molar-refractivity contribution in [1.82, 2.24) is 0 Å². The highest BCUT2D eigenvalue weighted by Gasteiger charge is 2.07. The van der Waals surface area contributed by atoms with Crippen LogP contribution in [0.25, 0.3) is 0 Å². The summed E-state index contributed by atoms with van der Waals surface area (Å²) in [6.07, 6.45) is 0. The van der Waals surface area contributed by atoms with E-state index in [2.05, 4.69) is 26.4 Å². The quantitative estimate of drug-likeness (QED) is 0.260. The van der Waals surface area contributed by atoms with Gasteiger partial charge < -0.3 is 16.3 Å². The number of amidine groups is 1. The summed E-state index contributed by atoms with van der Waals surface area (Å²) in [5.41, 5.74) is 5.10. The molecule has 0 atom stereocenters.